The summed E-state index contributed by atoms with van der Waals surface area (Å²) >= 11 is 0. The molecule has 0 bridgehead atoms. The van der Waals surface area contributed by atoms with Crippen molar-refractivity contribution in [2.45, 2.75) is 26.8 Å². The number of hydrogen-bond donors (Lipinski definition) is 1. The average Bonchev–Trinajstić information content (AvgIpc) is 2.44. The normalized spacial score (nSPS) is 9.90. The van der Waals surface area contributed by atoms with E-state index in [1.807, 2.05) is 20.8 Å². The summed E-state index contributed by atoms with van der Waals surface area (Å²) in [5, 5.41) is 8.78. The van der Waals surface area contributed by atoms with Crippen molar-refractivity contribution >= 4 is 5.91 Å². The molecule has 4 heteroatoms. The van der Waals surface area contributed by atoms with Crippen LogP contribution in [0.3, 0.4) is 0 Å². The van der Waals surface area contributed by atoms with Crippen molar-refractivity contribution in [2.75, 3.05) is 20.3 Å². The van der Waals surface area contributed by atoms with Crippen LogP contribution < -0.4 is 4.74 Å². The van der Waals surface area contributed by atoms with E-state index < -0.39 is 0 Å². The first-order valence-corrected chi connectivity index (χ1v) is 6.63. The quantitative estimate of drug-likeness (QED) is 0.854. The molecule has 0 heterocycles. The molecule has 0 saturated heterocycles. The minimum Gasteiger partial charge on any atom is -0.495 e. The van der Waals surface area contributed by atoms with Gasteiger partial charge in [0.05, 0.1) is 12.7 Å². The summed E-state index contributed by atoms with van der Waals surface area (Å²) in [7, 11) is 1.55. The number of amides is 1. The molecule has 0 aliphatic heterocycles. The zero-order valence-electron chi connectivity index (χ0n) is 12.4. The molecule has 1 N–H and O–H groups in total. The van der Waals surface area contributed by atoms with E-state index in [1.165, 1.54) is 0 Å². The van der Waals surface area contributed by atoms with E-state index >= 15 is 0 Å². The Morgan fingerprint density at radius 3 is 2.65 bits per heavy atom. The number of hydrogen-bond acceptors (Lipinski definition) is 3. The Kier molecular flexibility index (Phi) is 6.08. The van der Waals surface area contributed by atoms with E-state index in [0.29, 0.717) is 23.4 Å². The highest BCUT2D eigenvalue weighted by molar-refractivity contribution is 5.95. The van der Waals surface area contributed by atoms with Gasteiger partial charge in [-0.3, -0.25) is 4.79 Å². The molecule has 0 aliphatic rings. The summed E-state index contributed by atoms with van der Waals surface area (Å²) in [6.07, 6.45) is 0. The Bertz CT molecular complexity index is 526. The topological polar surface area (TPSA) is 49.8 Å². The second kappa shape index (κ2) is 7.56. The van der Waals surface area contributed by atoms with Gasteiger partial charge in [0.25, 0.3) is 5.91 Å². The van der Waals surface area contributed by atoms with Gasteiger partial charge in [-0.05, 0) is 39.0 Å². The molecular weight excluding hydrogens is 254 g/mol. The number of methoxy groups -OCH3 is 1. The molecule has 0 spiro atoms. The molecule has 0 saturated carbocycles. The molecule has 0 fully saturated rings. The lowest BCUT2D eigenvalue weighted by Crippen LogP contribution is -2.36. The van der Waals surface area contributed by atoms with Crippen molar-refractivity contribution in [3.8, 4) is 17.6 Å². The summed E-state index contributed by atoms with van der Waals surface area (Å²) in [5.74, 6) is 5.93. The first kappa shape index (κ1) is 16.1. The Balaban J connectivity index is 3.17. The minimum atomic E-state index is -0.228. The van der Waals surface area contributed by atoms with Crippen LogP contribution in [0.2, 0.25) is 0 Å². The van der Waals surface area contributed by atoms with Crippen molar-refractivity contribution in [1.29, 1.82) is 0 Å². The van der Waals surface area contributed by atoms with Gasteiger partial charge in [-0.2, -0.15) is 0 Å². The lowest BCUT2D eigenvalue weighted by molar-refractivity contribution is 0.0717. The van der Waals surface area contributed by atoms with Crippen molar-refractivity contribution < 1.29 is 14.6 Å². The standard InChI is InChI=1S/C16H21NO3/c1-5-17(12(2)3)16(19)14-8-9-15(20-4)13(11-14)7-6-10-18/h8-9,11-12,18H,5,10H2,1-4H3. The summed E-state index contributed by atoms with van der Waals surface area (Å²) < 4.78 is 5.20. The van der Waals surface area contributed by atoms with E-state index in [2.05, 4.69) is 11.8 Å². The first-order chi connectivity index (χ1) is 9.54. The third kappa shape index (κ3) is 3.75. The van der Waals surface area contributed by atoms with E-state index in [9.17, 15) is 4.79 Å². The van der Waals surface area contributed by atoms with Crippen LogP contribution in [0.15, 0.2) is 18.2 Å². The lowest BCUT2D eigenvalue weighted by Gasteiger charge is -2.25. The molecule has 4 nitrogen and oxygen atoms in total. The molecule has 1 aromatic rings. The monoisotopic (exact) mass is 275 g/mol. The summed E-state index contributed by atoms with van der Waals surface area (Å²) in [6.45, 7) is 6.34. The highest BCUT2D eigenvalue weighted by atomic mass is 16.5. The van der Waals surface area contributed by atoms with Crippen LogP contribution in [-0.4, -0.2) is 42.2 Å². The van der Waals surface area contributed by atoms with E-state index in [1.54, 1.807) is 30.2 Å². The van der Waals surface area contributed by atoms with Crippen LogP contribution in [0.1, 0.15) is 36.7 Å². The number of aliphatic hydroxyl groups is 1. The largest absolute Gasteiger partial charge is 0.495 e. The minimum absolute atomic E-state index is 0.0304. The highest BCUT2D eigenvalue weighted by Crippen LogP contribution is 2.20. The Morgan fingerprint density at radius 1 is 1.45 bits per heavy atom. The average molecular weight is 275 g/mol. The third-order valence-electron chi connectivity index (χ3n) is 2.97. The number of aliphatic hydroxyl groups excluding tert-OH is 1. The zero-order chi connectivity index (χ0) is 15.1. The Labute approximate surface area is 120 Å². The molecule has 0 aromatic heterocycles. The predicted octanol–water partition coefficient (Wildman–Crippen LogP) is 1.91. The number of benzene rings is 1. The van der Waals surface area contributed by atoms with Gasteiger partial charge in [0.2, 0.25) is 0 Å². The molecular formula is C16H21NO3. The molecule has 1 aromatic carbocycles. The second-order valence-corrected chi connectivity index (χ2v) is 4.56. The third-order valence-corrected chi connectivity index (χ3v) is 2.97. The van der Waals surface area contributed by atoms with E-state index in [0.717, 1.165) is 0 Å². The summed E-state index contributed by atoms with van der Waals surface area (Å²) in [5.41, 5.74) is 1.18. The van der Waals surface area contributed by atoms with Crippen molar-refractivity contribution in [3.05, 3.63) is 29.3 Å². The highest BCUT2D eigenvalue weighted by Gasteiger charge is 2.18. The van der Waals surface area contributed by atoms with Gasteiger partial charge >= 0.3 is 0 Å². The molecule has 1 rings (SSSR count). The fourth-order valence-corrected chi connectivity index (χ4v) is 1.98. The lowest BCUT2D eigenvalue weighted by atomic mass is 10.1. The van der Waals surface area contributed by atoms with Gasteiger partial charge in [0, 0.05) is 18.2 Å². The maximum absolute atomic E-state index is 12.4. The SMILES string of the molecule is CCN(C(=O)c1ccc(OC)c(C#CCO)c1)C(C)C. The van der Waals surface area contributed by atoms with Crippen molar-refractivity contribution in [2.24, 2.45) is 0 Å². The molecule has 0 radical (unpaired) electrons. The zero-order valence-corrected chi connectivity index (χ0v) is 12.4. The number of carbonyl (C=O) groups excluding carboxylic acids is 1. The molecule has 0 unspecified atom stereocenters. The molecule has 20 heavy (non-hydrogen) atoms. The smallest absolute Gasteiger partial charge is 0.254 e. The second-order valence-electron chi connectivity index (χ2n) is 4.56. The van der Waals surface area contributed by atoms with Crippen LogP contribution in [0.5, 0.6) is 5.75 Å². The van der Waals surface area contributed by atoms with Gasteiger partial charge in [0.1, 0.15) is 12.4 Å². The Hall–Kier alpha value is -1.99. The van der Waals surface area contributed by atoms with Gasteiger partial charge in [-0.1, -0.05) is 11.8 Å². The van der Waals surface area contributed by atoms with Crippen LogP contribution >= 0.6 is 0 Å². The number of rotatable bonds is 4. The molecule has 1 amide bonds. The predicted molar refractivity (Wildman–Crippen MR) is 78.8 cm³/mol. The van der Waals surface area contributed by atoms with Crippen molar-refractivity contribution in [3.63, 3.8) is 0 Å². The van der Waals surface area contributed by atoms with Gasteiger partial charge in [-0.15, -0.1) is 0 Å². The van der Waals surface area contributed by atoms with E-state index in [4.69, 9.17) is 9.84 Å². The maximum atomic E-state index is 12.4. The van der Waals surface area contributed by atoms with Crippen LogP contribution in [0.25, 0.3) is 0 Å². The maximum Gasteiger partial charge on any atom is 0.254 e. The fraction of sp³-hybridized carbons (Fsp3) is 0.438. The van der Waals surface area contributed by atoms with Crippen molar-refractivity contribution in [1.82, 2.24) is 4.90 Å². The van der Waals surface area contributed by atoms with Gasteiger partial charge in [-0.25, -0.2) is 0 Å². The first-order valence-electron chi connectivity index (χ1n) is 6.63. The number of ether oxygens (including phenoxy) is 1. The molecule has 0 aliphatic carbocycles. The van der Waals surface area contributed by atoms with Crippen LogP contribution in [0.4, 0.5) is 0 Å². The molecule has 0 atom stereocenters. The van der Waals surface area contributed by atoms with Gasteiger partial charge in [0.15, 0.2) is 0 Å². The molecule has 108 valence electrons. The van der Waals surface area contributed by atoms with Crippen LogP contribution in [-0.2, 0) is 0 Å². The Morgan fingerprint density at radius 2 is 2.15 bits per heavy atom. The number of nitrogens with zero attached hydrogens (tertiary/aromatic N) is 1. The van der Waals surface area contributed by atoms with Crippen LogP contribution in [0, 0.1) is 11.8 Å². The summed E-state index contributed by atoms with van der Waals surface area (Å²) in [4.78, 5) is 14.2. The van der Waals surface area contributed by atoms with E-state index in [-0.39, 0.29) is 18.6 Å². The number of carbonyl (C=O) groups is 1. The fourth-order valence-electron chi connectivity index (χ4n) is 1.98. The summed E-state index contributed by atoms with van der Waals surface area (Å²) in [6, 6.07) is 5.30. The van der Waals surface area contributed by atoms with Gasteiger partial charge < -0.3 is 14.7 Å².